The topological polar surface area (TPSA) is 28.7 Å². The molecular formula is C8H5Cl3N2. The SMILES string of the molecule is ClCc1nc2c(Cl)c(Cl)ccc2[nH]1. The number of aromatic nitrogens is 2. The van der Waals surface area contributed by atoms with E-state index in [1.807, 2.05) is 6.07 Å². The van der Waals surface area contributed by atoms with Crippen LogP contribution in [-0.4, -0.2) is 9.97 Å². The van der Waals surface area contributed by atoms with E-state index in [2.05, 4.69) is 9.97 Å². The summed E-state index contributed by atoms with van der Waals surface area (Å²) in [6, 6.07) is 3.55. The number of nitrogens with zero attached hydrogens (tertiary/aromatic N) is 1. The minimum Gasteiger partial charge on any atom is -0.341 e. The highest BCUT2D eigenvalue weighted by Crippen LogP contribution is 2.29. The third-order valence-electron chi connectivity index (χ3n) is 1.72. The van der Waals surface area contributed by atoms with Crippen LogP contribution in [0.2, 0.25) is 10.0 Å². The lowest BCUT2D eigenvalue weighted by molar-refractivity contribution is 1.13. The Morgan fingerprint density at radius 3 is 2.77 bits per heavy atom. The van der Waals surface area contributed by atoms with E-state index in [0.29, 0.717) is 27.3 Å². The summed E-state index contributed by atoms with van der Waals surface area (Å²) >= 11 is 17.4. The first-order chi connectivity index (χ1) is 6.22. The number of alkyl halides is 1. The van der Waals surface area contributed by atoms with Crippen molar-refractivity contribution in [3.63, 3.8) is 0 Å². The Morgan fingerprint density at radius 2 is 2.08 bits per heavy atom. The number of H-pyrrole nitrogens is 1. The second-order valence-electron chi connectivity index (χ2n) is 2.57. The maximum Gasteiger partial charge on any atom is 0.122 e. The Morgan fingerprint density at radius 1 is 1.31 bits per heavy atom. The Balaban J connectivity index is 2.76. The Labute approximate surface area is 89.8 Å². The summed E-state index contributed by atoms with van der Waals surface area (Å²) in [7, 11) is 0. The van der Waals surface area contributed by atoms with Gasteiger partial charge in [0.25, 0.3) is 0 Å². The summed E-state index contributed by atoms with van der Waals surface area (Å²) in [4.78, 5) is 7.21. The van der Waals surface area contributed by atoms with Crippen LogP contribution < -0.4 is 0 Å². The van der Waals surface area contributed by atoms with Gasteiger partial charge in [-0.25, -0.2) is 4.98 Å². The van der Waals surface area contributed by atoms with Crippen molar-refractivity contribution in [2.45, 2.75) is 5.88 Å². The fourth-order valence-corrected chi connectivity index (χ4v) is 1.62. The molecule has 1 heterocycles. The van der Waals surface area contributed by atoms with Gasteiger partial charge in [-0.2, -0.15) is 0 Å². The lowest BCUT2D eigenvalue weighted by Gasteiger charge is -1.93. The van der Waals surface area contributed by atoms with Gasteiger partial charge < -0.3 is 4.98 Å². The third-order valence-corrected chi connectivity index (χ3v) is 2.77. The highest BCUT2D eigenvalue weighted by atomic mass is 35.5. The molecule has 5 heteroatoms. The van der Waals surface area contributed by atoms with Gasteiger partial charge in [0.2, 0.25) is 0 Å². The van der Waals surface area contributed by atoms with Crippen LogP contribution in [0.5, 0.6) is 0 Å². The monoisotopic (exact) mass is 234 g/mol. The van der Waals surface area contributed by atoms with Crippen molar-refractivity contribution in [2.75, 3.05) is 0 Å². The van der Waals surface area contributed by atoms with Gasteiger partial charge in [0.05, 0.1) is 21.4 Å². The van der Waals surface area contributed by atoms with Crippen LogP contribution in [0.25, 0.3) is 11.0 Å². The van der Waals surface area contributed by atoms with Crippen molar-refractivity contribution in [2.24, 2.45) is 0 Å². The smallest absolute Gasteiger partial charge is 0.122 e. The zero-order chi connectivity index (χ0) is 9.42. The number of nitrogens with one attached hydrogen (secondary N) is 1. The molecule has 0 amide bonds. The highest BCUT2D eigenvalue weighted by Gasteiger charge is 2.08. The Hall–Kier alpha value is -0.440. The van der Waals surface area contributed by atoms with Crippen molar-refractivity contribution in [3.8, 4) is 0 Å². The molecule has 1 N–H and O–H groups in total. The van der Waals surface area contributed by atoms with Crippen LogP contribution in [0.4, 0.5) is 0 Å². The second-order valence-corrected chi connectivity index (χ2v) is 3.63. The maximum atomic E-state index is 5.94. The van der Waals surface area contributed by atoms with Gasteiger partial charge in [-0.05, 0) is 12.1 Å². The quantitative estimate of drug-likeness (QED) is 0.752. The van der Waals surface area contributed by atoms with E-state index in [1.54, 1.807) is 6.07 Å². The fraction of sp³-hybridized carbons (Fsp3) is 0.125. The molecule has 2 aromatic rings. The standard InChI is InChI=1S/C8H5Cl3N2/c9-3-6-12-5-2-1-4(10)7(11)8(5)13-6/h1-2H,3H2,(H,12,13). The number of halogens is 3. The zero-order valence-electron chi connectivity index (χ0n) is 6.44. The molecule has 0 spiro atoms. The third kappa shape index (κ3) is 1.50. The molecule has 0 fully saturated rings. The fourth-order valence-electron chi connectivity index (χ4n) is 1.13. The van der Waals surface area contributed by atoms with Gasteiger partial charge >= 0.3 is 0 Å². The van der Waals surface area contributed by atoms with Crippen molar-refractivity contribution < 1.29 is 0 Å². The van der Waals surface area contributed by atoms with Crippen LogP contribution in [0.15, 0.2) is 12.1 Å². The van der Waals surface area contributed by atoms with Crippen LogP contribution >= 0.6 is 34.8 Å². The zero-order valence-corrected chi connectivity index (χ0v) is 8.71. The van der Waals surface area contributed by atoms with Crippen molar-refractivity contribution in [1.82, 2.24) is 9.97 Å². The average molecular weight is 236 g/mol. The highest BCUT2D eigenvalue weighted by molar-refractivity contribution is 6.44. The predicted octanol–water partition coefficient (Wildman–Crippen LogP) is 3.61. The molecule has 1 aromatic heterocycles. The van der Waals surface area contributed by atoms with Gasteiger partial charge in [-0.1, -0.05) is 23.2 Å². The number of hydrogen-bond donors (Lipinski definition) is 1. The Bertz CT molecular complexity index is 450. The summed E-state index contributed by atoms with van der Waals surface area (Å²) in [6.07, 6.45) is 0. The summed E-state index contributed by atoms with van der Waals surface area (Å²) in [6.45, 7) is 0. The summed E-state index contributed by atoms with van der Waals surface area (Å²) < 4.78 is 0. The summed E-state index contributed by atoms with van der Waals surface area (Å²) in [5.74, 6) is 1.03. The van der Waals surface area contributed by atoms with E-state index in [9.17, 15) is 0 Å². The van der Waals surface area contributed by atoms with E-state index in [-0.39, 0.29) is 0 Å². The number of imidazole rings is 1. The number of benzene rings is 1. The Kier molecular flexibility index (Phi) is 2.37. The molecule has 0 saturated heterocycles. The lowest BCUT2D eigenvalue weighted by Crippen LogP contribution is -1.77. The lowest BCUT2D eigenvalue weighted by atomic mass is 10.3. The largest absolute Gasteiger partial charge is 0.341 e. The van der Waals surface area contributed by atoms with Crippen LogP contribution in [0.3, 0.4) is 0 Å². The average Bonchev–Trinajstić information content (AvgIpc) is 2.55. The van der Waals surface area contributed by atoms with Crippen LogP contribution in [-0.2, 0) is 5.88 Å². The van der Waals surface area contributed by atoms with Gasteiger partial charge in [-0.3, -0.25) is 0 Å². The minimum absolute atomic E-state index is 0.336. The molecule has 1 aromatic carbocycles. The van der Waals surface area contributed by atoms with Crippen LogP contribution in [0, 0.1) is 0 Å². The first kappa shape index (κ1) is 9.13. The normalized spacial score (nSPS) is 11.0. The molecule has 2 nitrogen and oxygen atoms in total. The van der Waals surface area contributed by atoms with Crippen molar-refractivity contribution in [3.05, 3.63) is 28.0 Å². The van der Waals surface area contributed by atoms with Crippen molar-refractivity contribution in [1.29, 1.82) is 0 Å². The molecule has 0 aliphatic rings. The van der Waals surface area contributed by atoms with E-state index >= 15 is 0 Å². The molecule has 0 atom stereocenters. The molecule has 0 saturated carbocycles. The number of rotatable bonds is 1. The van der Waals surface area contributed by atoms with Gasteiger partial charge in [-0.15, -0.1) is 11.6 Å². The predicted molar refractivity (Wildman–Crippen MR) is 55.7 cm³/mol. The number of hydrogen-bond acceptors (Lipinski definition) is 1. The van der Waals surface area contributed by atoms with Crippen LogP contribution in [0.1, 0.15) is 5.82 Å². The summed E-state index contributed by atoms with van der Waals surface area (Å²) in [5.41, 5.74) is 1.52. The molecule has 0 unspecified atom stereocenters. The van der Waals surface area contributed by atoms with Gasteiger partial charge in [0, 0.05) is 0 Å². The molecule has 68 valence electrons. The van der Waals surface area contributed by atoms with E-state index in [0.717, 1.165) is 5.52 Å². The van der Waals surface area contributed by atoms with E-state index in [1.165, 1.54) is 0 Å². The molecule has 0 aliphatic carbocycles. The molecule has 2 rings (SSSR count). The van der Waals surface area contributed by atoms with E-state index in [4.69, 9.17) is 34.8 Å². The maximum absolute atomic E-state index is 5.94. The first-order valence-electron chi connectivity index (χ1n) is 3.61. The molecule has 0 bridgehead atoms. The first-order valence-corrected chi connectivity index (χ1v) is 4.90. The minimum atomic E-state index is 0.336. The molecule has 0 radical (unpaired) electrons. The van der Waals surface area contributed by atoms with Gasteiger partial charge in [0.1, 0.15) is 11.3 Å². The molecular weight excluding hydrogens is 230 g/mol. The van der Waals surface area contributed by atoms with Gasteiger partial charge in [0.15, 0.2) is 0 Å². The molecule has 0 aliphatic heterocycles. The molecule has 13 heavy (non-hydrogen) atoms. The van der Waals surface area contributed by atoms with Crippen molar-refractivity contribution >= 4 is 45.8 Å². The number of aromatic amines is 1. The van der Waals surface area contributed by atoms with E-state index < -0.39 is 0 Å². The second kappa shape index (κ2) is 3.37. The summed E-state index contributed by atoms with van der Waals surface area (Å²) in [5, 5.41) is 0.966. The number of fused-ring (bicyclic) bond motifs is 1.